The van der Waals surface area contributed by atoms with E-state index in [1.54, 1.807) is 27.7 Å². The molecule has 10 N–H and O–H groups in total. The van der Waals surface area contributed by atoms with Crippen LogP contribution in [0.15, 0.2) is 0 Å². The Hall–Kier alpha value is -4.81. The monoisotopic (exact) mass is 908 g/mol. The van der Waals surface area contributed by atoms with Crippen LogP contribution in [0.3, 0.4) is 0 Å². The Morgan fingerprint density at radius 1 is 0.500 bits per heavy atom. The van der Waals surface area contributed by atoms with Crippen molar-refractivity contribution in [2.75, 3.05) is 6.54 Å². The van der Waals surface area contributed by atoms with E-state index in [9.17, 15) is 48.3 Å². The molecular weight excluding hydrogens is 827 g/mol. The maximum Gasteiger partial charge on any atom is 0.326 e. The molecule has 0 aliphatic carbocycles. The topological polar surface area (TPSA) is 287 Å². The van der Waals surface area contributed by atoms with Crippen molar-refractivity contribution in [2.45, 2.75) is 190 Å². The molecule has 0 aromatic rings. The molecule has 366 valence electrons. The van der Waals surface area contributed by atoms with Crippen LogP contribution < -0.4 is 43.0 Å². The van der Waals surface area contributed by atoms with Crippen molar-refractivity contribution in [1.29, 1.82) is 0 Å². The maximum atomic E-state index is 14.4. The zero-order chi connectivity index (χ0) is 49.3. The summed E-state index contributed by atoms with van der Waals surface area (Å²) in [6.07, 6.45) is 1.59. The molecule has 8 amide bonds. The first-order valence-electron chi connectivity index (χ1n) is 23.0. The Kier molecular flexibility index (Phi) is 24.0. The van der Waals surface area contributed by atoms with Crippen LogP contribution in [0, 0.1) is 35.5 Å². The number of hydrogen-bond acceptors (Lipinski definition) is 10. The zero-order valence-corrected chi connectivity index (χ0v) is 40.8. The largest absolute Gasteiger partial charge is 0.480 e. The predicted molar refractivity (Wildman–Crippen MR) is 243 cm³/mol. The van der Waals surface area contributed by atoms with E-state index in [-0.39, 0.29) is 55.9 Å². The molecule has 0 aromatic heterocycles. The van der Waals surface area contributed by atoms with Crippen LogP contribution in [0.1, 0.15) is 135 Å². The predicted octanol–water partition coefficient (Wildman–Crippen LogP) is 1.32. The lowest BCUT2D eigenvalue weighted by molar-refractivity contribution is -0.143. The van der Waals surface area contributed by atoms with E-state index in [1.807, 2.05) is 55.4 Å². The number of carboxylic acids is 1. The van der Waals surface area contributed by atoms with Gasteiger partial charge in [0.25, 0.3) is 0 Å². The number of nitrogens with one attached hydrogen (secondary N) is 7. The van der Waals surface area contributed by atoms with E-state index in [2.05, 4.69) is 37.2 Å². The molecule has 1 aliphatic rings. The van der Waals surface area contributed by atoms with Crippen LogP contribution in [0.5, 0.6) is 0 Å². The third kappa shape index (κ3) is 19.1. The third-order valence-corrected chi connectivity index (χ3v) is 10.8. The van der Waals surface area contributed by atoms with Gasteiger partial charge in [0.1, 0.15) is 48.3 Å². The highest BCUT2D eigenvalue weighted by atomic mass is 16.4. The summed E-state index contributed by atoms with van der Waals surface area (Å²) in [5.74, 6) is -7.04. The summed E-state index contributed by atoms with van der Waals surface area (Å²) in [7, 11) is 0. The molecular formula is C45H81N9O10. The molecule has 0 radical (unpaired) electrons. The Morgan fingerprint density at radius 2 is 0.891 bits per heavy atom. The van der Waals surface area contributed by atoms with Crippen molar-refractivity contribution in [3.8, 4) is 0 Å². The van der Waals surface area contributed by atoms with E-state index >= 15 is 0 Å². The molecule has 1 rings (SSSR count). The maximum absolute atomic E-state index is 14.4. The lowest BCUT2D eigenvalue weighted by atomic mass is 9.98. The quantitative estimate of drug-likeness (QED) is 0.0597. The van der Waals surface area contributed by atoms with Gasteiger partial charge in [-0.2, -0.15) is 0 Å². The minimum absolute atomic E-state index is 0.0159. The van der Waals surface area contributed by atoms with Gasteiger partial charge >= 0.3 is 5.97 Å². The molecule has 1 heterocycles. The minimum Gasteiger partial charge on any atom is -0.480 e. The Bertz CT molecular complexity index is 1620. The Morgan fingerprint density at radius 3 is 1.30 bits per heavy atom. The van der Waals surface area contributed by atoms with Gasteiger partial charge in [-0.05, 0) is 87.9 Å². The van der Waals surface area contributed by atoms with Gasteiger partial charge in [-0.3, -0.25) is 38.4 Å². The summed E-state index contributed by atoms with van der Waals surface area (Å²) in [4.78, 5) is 122. The van der Waals surface area contributed by atoms with Gasteiger partial charge in [0.2, 0.25) is 47.3 Å². The van der Waals surface area contributed by atoms with Gasteiger partial charge in [0.05, 0.1) is 6.04 Å². The van der Waals surface area contributed by atoms with Crippen molar-refractivity contribution >= 4 is 53.2 Å². The van der Waals surface area contributed by atoms with Crippen LogP contribution in [-0.4, -0.2) is 124 Å². The Balaban J connectivity index is 3.30. The van der Waals surface area contributed by atoms with Crippen LogP contribution in [0.2, 0.25) is 0 Å². The van der Waals surface area contributed by atoms with E-state index in [0.29, 0.717) is 12.8 Å². The van der Waals surface area contributed by atoms with Gasteiger partial charge in [-0.25, -0.2) is 4.79 Å². The average molecular weight is 908 g/mol. The third-order valence-electron chi connectivity index (χ3n) is 10.8. The number of hydrogen-bond donors (Lipinski definition) is 9. The van der Waals surface area contributed by atoms with Crippen molar-refractivity contribution in [2.24, 2.45) is 41.2 Å². The fraction of sp³-hybridized carbons (Fsp3) is 0.800. The second kappa shape index (κ2) is 26.9. The van der Waals surface area contributed by atoms with Crippen molar-refractivity contribution in [3.63, 3.8) is 0 Å². The van der Waals surface area contributed by atoms with Gasteiger partial charge in [0.15, 0.2) is 0 Å². The number of nitrogens with two attached hydrogens (primary N) is 1. The van der Waals surface area contributed by atoms with Gasteiger partial charge in [-0.1, -0.05) is 83.1 Å². The lowest BCUT2D eigenvalue weighted by Crippen LogP contribution is -2.61. The summed E-state index contributed by atoms with van der Waals surface area (Å²) < 4.78 is 0. The standard InChI is InChI=1S/C45H81N9O10/c1-22(2)18-30(48-42(60)35(26(9)10)52-38(56)29(14)47-37(55)28(13)46)39(57)50-32(20-24(5)6)44(62)54-17-15-16-34(54)41(59)53-36(27(11)12)43(61)49-31(19-23(3)4)40(58)51-33(45(63)64)21-25(7)8/h22-36H,15-21,46H2,1-14H3,(H,47,55)(H,48,60)(H,49,61)(H,50,57)(H,51,58)(H,52,56)(H,53,59)(H,63,64)/t28-,29-,30-,31-,32-,33-,34-,35-,36-/m0/s1. The highest BCUT2D eigenvalue weighted by Crippen LogP contribution is 2.22. The molecule has 19 heteroatoms. The second-order valence-electron chi connectivity index (χ2n) is 19.8. The number of likely N-dealkylation sites (tertiary alicyclic amines) is 1. The van der Waals surface area contributed by atoms with Crippen LogP contribution in [0.25, 0.3) is 0 Å². The van der Waals surface area contributed by atoms with Gasteiger partial charge < -0.3 is 53.0 Å². The fourth-order valence-electron chi connectivity index (χ4n) is 7.37. The highest BCUT2D eigenvalue weighted by Gasteiger charge is 2.41. The van der Waals surface area contributed by atoms with Gasteiger partial charge in [-0.15, -0.1) is 0 Å². The summed E-state index contributed by atoms with van der Waals surface area (Å²) in [5.41, 5.74) is 5.61. The molecule has 1 fully saturated rings. The number of nitrogens with zero attached hydrogens (tertiary/aromatic N) is 1. The highest BCUT2D eigenvalue weighted by molar-refractivity contribution is 5.98. The first kappa shape index (κ1) is 57.2. The SMILES string of the molecule is CC(C)C[C@H](NC(=O)[C@H](CC(C)C)NC(=O)[C@@H](NC(=O)[C@@H]1CCCN1C(=O)[C@H](CC(C)C)NC(=O)[C@H](CC(C)C)NC(=O)[C@@H](NC(=O)[C@H](C)NC(=O)[C@H](C)N)C(C)C)C(C)C)C(=O)O. The summed E-state index contributed by atoms with van der Waals surface area (Å²) in [6, 6.07) is -9.40. The molecule has 0 saturated carbocycles. The summed E-state index contributed by atoms with van der Waals surface area (Å²) in [5, 5.41) is 28.6. The van der Waals surface area contributed by atoms with Crippen molar-refractivity contribution in [3.05, 3.63) is 0 Å². The number of amides is 8. The molecule has 0 unspecified atom stereocenters. The number of aliphatic carboxylic acids is 1. The molecule has 0 bridgehead atoms. The molecule has 1 aliphatic heterocycles. The first-order valence-corrected chi connectivity index (χ1v) is 23.0. The number of carbonyl (C=O) groups excluding carboxylic acids is 8. The van der Waals surface area contributed by atoms with E-state index < -0.39 is 119 Å². The minimum atomic E-state index is -1.19. The van der Waals surface area contributed by atoms with Crippen molar-refractivity contribution in [1.82, 2.24) is 42.1 Å². The molecule has 0 aromatic carbocycles. The lowest BCUT2D eigenvalue weighted by Gasteiger charge is -2.32. The number of carboxylic acid groups (broad SMARTS) is 1. The average Bonchev–Trinajstić information content (AvgIpc) is 3.66. The second-order valence-corrected chi connectivity index (χ2v) is 19.8. The normalized spacial score (nSPS) is 17.8. The first-order chi connectivity index (χ1) is 29.6. The van der Waals surface area contributed by atoms with E-state index in [1.165, 1.54) is 18.7 Å². The van der Waals surface area contributed by atoms with Crippen molar-refractivity contribution < 1.29 is 48.3 Å². The van der Waals surface area contributed by atoms with E-state index in [4.69, 9.17) is 5.73 Å². The van der Waals surface area contributed by atoms with Crippen LogP contribution >= 0.6 is 0 Å². The number of carbonyl (C=O) groups is 9. The van der Waals surface area contributed by atoms with E-state index in [0.717, 1.165) is 0 Å². The summed E-state index contributed by atoms with van der Waals surface area (Å²) >= 11 is 0. The molecule has 0 spiro atoms. The van der Waals surface area contributed by atoms with Crippen LogP contribution in [-0.2, 0) is 43.2 Å². The summed E-state index contributed by atoms with van der Waals surface area (Å²) in [6.45, 7) is 24.9. The smallest absolute Gasteiger partial charge is 0.326 e. The fourth-order valence-corrected chi connectivity index (χ4v) is 7.37. The molecule has 64 heavy (non-hydrogen) atoms. The molecule has 1 saturated heterocycles. The van der Waals surface area contributed by atoms with Gasteiger partial charge in [0, 0.05) is 6.54 Å². The van der Waals surface area contributed by atoms with Crippen LogP contribution in [0.4, 0.5) is 0 Å². The number of rotatable bonds is 26. The Labute approximate surface area is 380 Å². The zero-order valence-electron chi connectivity index (χ0n) is 40.8. The molecule has 9 atom stereocenters. The molecule has 19 nitrogen and oxygen atoms in total.